The van der Waals surface area contributed by atoms with Crippen molar-refractivity contribution < 1.29 is 9.59 Å². The lowest BCUT2D eigenvalue weighted by Gasteiger charge is -2.22. The molecule has 1 fully saturated rings. The van der Waals surface area contributed by atoms with Crippen molar-refractivity contribution in [3.63, 3.8) is 0 Å². The molecule has 1 aliphatic carbocycles. The molecular formula is C25H38N4O2. The Morgan fingerprint density at radius 3 is 2.52 bits per heavy atom. The molecule has 0 aliphatic heterocycles. The molecule has 6 nitrogen and oxygen atoms in total. The monoisotopic (exact) mass is 426 g/mol. The summed E-state index contributed by atoms with van der Waals surface area (Å²) in [6.07, 6.45) is 9.14. The highest BCUT2D eigenvalue weighted by molar-refractivity contribution is 5.81. The number of hydrogen-bond acceptors (Lipinski definition) is 3. The number of carbonyl (C=O) groups is 2. The van der Waals surface area contributed by atoms with E-state index in [0.29, 0.717) is 13.1 Å². The molecule has 1 aliphatic rings. The largest absolute Gasteiger partial charge is 0.356 e. The number of hydrogen-bond donors (Lipinski definition) is 1. The first-order valence-corrected chi connectivity index (χ1v) is 12.1. The molecule has 1 aromatic carbocycles. The third-order valence-corrected chi connectivity index (χ3v) is 6.22. The summed E-state index contributed by atoms with van der Waals surface area (Å²) >= 11 is 0. The Bertz CT molecular complexity index is 848. The molecular weight excluding hydrogens is 388 g/mol. The molecule has 0 radical (unpaired) electrons. The Kier molecular flexibility index (Phi) is 8.92. The summed E-state index contributed by atoms with van der Waals surface area (Å²) in [5, 5.41) is 3.12. The van der Waals surface area contributed by atoms with Crippen LogP contribution in [0.4, 0.5) is 0 Å². The van der Waals surface area contributed by atoms with E-state index in [-0.39, 0.29) is 17.7 Å². The van der Waals surface area contributed by atoms with Gasteiger partial charge in [-0.15, -0.1) is 0 Å². The Hall–Kier alpha value is -2.37. The second-order valence-corrected chi connectivity index (χ2v) is 8.71. The van der Waals surface area contributed by atoms with Gasteiger partial charge in [0.2, 0.25) is 11.8 Å². The molecule has 2 aromatic rings. The number of amides is 2. The Labute approximate surface area is 186 Å². The summed E-state index contributed by atoms with van der Waals surface area (Å²) in [5.41, 5.74) is 1.93. The third-order valence-electron chi connectivity index (χ3n) is 6.22. The normalized spacial score (nSPS) is 14.6. The maximum absolute atomic E-state index is 13.0. The molecule has 0 bridgehead atoms. The topological polar surface area (TPSA) is 67.2 Å². The first-order chi connectivity index (χ1) is 15.1. The van der Waals surface area contributed by atoms with E-state index in [2.05, 4.69) is 23.7 Å². The lowest BCUT2D eigenvalue weighted by Crippen LogP contribution is -2.35. The van der Waals surface area contributed by atoms with Crippen LogP contribution in [0, 0.1) is 5.92 Å². The zero-order chi connectivity index (χ0) is 22.1. The molecule has 0 saturated heterocycles. The molecule has 3 rings (SSSR count). The fraction of sp³-hybridized carbons (Fsp3) is 0.640. The summed E-state index contributed by atoms with van der Waals surface area (Å²) < 4.78 is 2.07. The van der Waals surface area contributed by atoms with Crippen molar-refractivity contribution in [3.05, 3.63) is 30.1 Å². The molecule has 2 amide bonds. The summed E-state index contributed by atoms with van der Waals surface area (Å²) in [6.45, 7) is 6.78. The fourth-order valence-electron chi connectivity index (χ4n) is 4.60. The standard InChI is InChI=1S/C25H38N4O2/c1-3-17-28(18-4-2)24(30)19-29-22-14-9-8-13-21(22)27-23(29)15-10-16-26-25(31)20-11-6-5-7-12-20/h8-9,13-14,20H,3-7,10-12,15-19H2,1-2H3,(H,26,31). The van der Waals surface area contributed by atoms with Crippen LogP contribution in [0.15, 0.2) is 24.3 Å². The van der Waals surface area contributed by atoms with E-state index in [1.165, 1.54) is 19.3 Å². The molecule has 31 heavy (non-hydrogen) atoms. The summed E-state index contributed by atoms with van der Waals surface area (Å²) in [4.78, 5) is 32.1. The molecule has 1 heterocycles. The van der Waals surface area contributed by atoms with E-state index in [4.69, 9.17) is 4.98 Å². The fourth-order valence-corrected chi connectivity index (χ4v) is 4.60. The molecule has 0 unspecified atom stereocenters. The number of nitrogens with one attached hydrogen (secondary N) is 1. The van der Waals surface area contributed by atoms with Gasteiger partial charge in [-0.25, -0.2) is 4.98 Å². The lowest BCUT2D eigenvalue weighted by molar-refractivity contribution is -0.132. The van der Waals surface area contributed by atoms with Crippen LogP contribution in [-0.4, -0.2) is 45.9 Å². The van der Waals surface area contributed by atoms with E-state index < -0.39 is 0 Å². The second-order valence-electron chi connectivity index (χ2n) is 8.71. The van der Waals surface area contributed by atoms with Crippen molar-refractivity contribution in [3.8, 4) is 0 Å². The van der Waals surface area contributed by atoms with Crippen molar-refractivity contribution in [2.75, 3.05) is 19.6 Å². The Balaban J connectivity index is 1.63. The van der Waals surface area contributed by atoms with Gasteiger partial charge in [-0.1, -0.05) is 45.2 Å². The van der Waals surface area contributed by atoms with E-state index in [0.717, 1.165) is 68.5 Å². The van der Waals surface area contributed by atoms with E-state index in [1.54, 1.807) is 0 Å². The summed E-state index contributed by atoms with van der Waals surface area (Å²) in [5.74, 6) is 1.48. The quantitative estimate of drug-likeness (QED) is 0.544. The number of rotatable bonds is 11. The van der Waals surface area contributed by atoms with E-state index in [9.17, 15) is 9.59 Å². The first-order valence-electron chi connectivity index (χ1n) is 12.1. The lowest BCUT2D eigenvalue weighted by atomic mass is 9.89. The van der Waals surface area contributed by atoms with Crippen LogP contribution in [0.5, 0.6) is 0 Å². The van der Waals surface area contributed by atoms with Gasteiger partial charge in [0.15, 0.2) is 0 Å². The van der Waals surface area contributed by atoms with Crippen molar-refractivity contribution in [2.45, 2.75) is 78.2 Å². The van der Waals surface area contributed by atoms with Crippen LogP contribution in [-0.2, 0) is 22.6 Å². The third kappa shape index (κ3) is 6.31. The SMILES string of the molecule is CCCN(CCC)C(=O)Cn1c(CCCNC(=O)C2CCCCC2)nc2ccccc21. The van der Waals surface area contributed by atoms with Gasteiger partial charge in [-0.2, -0.15) is 0 Å². The predicted molar refractivity (Wildman–Crippen MR) is 125 cm³/mol. The van der Waals surface area contributed by atoms with Crippen molar-refractivity contribution >= 4 is 22.8 Å². The summed E-state index contributed by atoms with van der Waals surface area (Å²) in [7, 11) is 0. The molecule has 0 spiro atoms. The highest BCUT2D eigenvalue weighted by Crippen LogP contribution is 2.23. The van der Waals surface area contributed by atoms with Gasteiger partial charge in [0, 0.05) is 32.0 Å². The minimum atomic E-state index is 0.152. The van der Waals surface area contributed by atoms with Gasteiger partial charge in [-0.3, -0.25) is 9.59 Å². The van der Waals surface area contributed by atoms with Gasteiger partial charge >= 0.3 is 0 Å². The predicted octanol–water partition coefficient (Wildman–Crippen LogP) is 4.31. The highest BCUT2D eigenvalue weighted by atomic mass is 16.2. The van der Waals surface area contributed by atoms with Gasteiger partial charge in [0.25, 0.3) is 0 Å². The molecule has 0 atom stereocenters. The number of imidazole rings is 1. The number of para-hydroxylation sites is 2. The first kappa shape index (κ1) is 23.3. The van der Waals surface area contributed by atoms with Crippen LogP contribution >= 0.6 is 0 Å². The summed E-state index contributed by atoms with van der Waals surface area (Å²) in [6, 6.07) is 8.01. The van der Waals surface area contributed by atoms with Gasteiger partial charge < -0.3 is 14.8 Å². The maximum atomic E-state index is 13.0. The Morgan fingerprint density at radius 2 is 1.81 bits per heavy atom. The minimum Gasteiger partial charge on any atom is -0.356 e. The number of fused-ring (bicyclic) bond motifs is 1. The van der Waals surface area contributed by atoms with E-state index >= 15 is 0 Å². The van der Waals surface area contributed by atoms with Crippen LogP contribution in [0.2, 0.25) is 0 Å². The second kappa shape index (κ2) is 11.9. The zero-order valence-electron chi connectivity index (χ0n) is 19.2. The maximum Gasteiger partial charge on any atom is 0.242 e. The van der Waals surface area contributed by atoms with Crippen molar-refractivity contribution in [1.82, 2.24) is 19.8 Å². The van der Waals surface area contributed by atoms with E-state index in [1.807, 2.05) is 29.2 Å². The number of aryl methyl sites for hydroxylation is 1. The number of aromatic nitrogens is 2. The van der Waals surface area contributed by atoms with Crippen LogP contribution in [0.3, 0.4) is 0 Å². The molecule has 1 N–H and O–H groups in total. The van der Waals surface area contributed by atoms with Gasteiger partial charge in [0.1, 0.15) is 12.4 Å². The minimum absolute atomic E-state index is 0.152. The van der Waals surface area contributed by atoms with Crippen molar-refractivity contribution in [1.29, 1.82) is 0 Å². The number of carbonyl (C=O) groups excluding carboxylic acids is 2. The smallest absolute Gasteiger partial charge is 0.242 e. The molecule has 1 aromatic heterocycles. The Morgan fingerprint density at radius 1 is 1.10 bits per heavy atom. The zero-order valence-corrected chi connectivity index (χ0v) is 19.2. The van der Waals surface area contributed by atoms with Gasteiger partial charge in [0.05, 0.1) is 11.0 Å². The average Bonchev–Trinajstić information content (AvgIpc) is 3.14. The number of nitrogens with zero attached hydrogens (tertiary/aromatic N) is 3. The van der Waals surface area contributed by atoms with Gasteiger partial charge in [-0.05, 0) is 44.2 Å². The highest BCUT2D eigenvalue weighted by Gasteiger charge is 2.21. The molecule has 1 saturated carbocycles. The van der Waals surface area contributed by atoms with Crippen LogP contribution < -0.4 is 5.32 Å². The molecule has 170 valence electrons. The van der Waals surface area contributed by atoms with Crippen molar-refractivity contribution in [2.24, 2.45) is 5.92 Å². The molecule has 6 heteroatoms. The number of benzene rings is 1. The van der Waals surface area contributed by atoms with Crippen LogP contribution in [0.1, 0.15) is 71.0 Å². The average molecular weight is 427 g/mol. The van der Waals surface area contributed by atoms with Crippen LogP contribution in [0.25, 0.3) is 11.0 Å².